The van der Waals surface area contributed by atoms with E-state index in [1.54, 1.807) is 6.92 Å². The number of nitrogens with one attached hydrogen (secondary N) is 2. The lowest BCUT2D eigenvalue weighted by molar-refractivity contribution is -0.117. The lowest BCUT2D eigenvalue weighted by atomic mass is 10.1. The van der Waals surface area contributed by atoms with E-state index in [2.05, 4.69) is 20.8 Å². The molecule has 116 valence electrons. The largest absolute Gasteiger partial charge is 0.411 e. The molecular formula is C14H16N4O3S. The fourth-order valence-electron chi connectivity index (χ4n) is 1.68. The minimum absolute atomic E-state index is 0.0204. The van der Waals surface area contributed by atoms with E-state index in [-0.39, 0.29) is 11.0 Å². The molecule has 0 unspecified atom stereocenters. The number of aromatic nitrogens is 2. The van der Waals surface area contributed by atoms with Crippen LogP contribution in [0.5, 0.6) is 0 Å². The first-order chi connectivity index (χ1) is 10.6. The molecule has 0 saturated carbocycles. The molecule has 8 heteroatoms. The Labute approximate surface area is 131 Å². The quantitative estimate of drug-likeness (QED) is 0.818. The number of amides is 3. The Morgan fingerprint density at radius 2 is 2.05 bits per heavy atom. The summed E-state index contributed by atoms with van der Waals surface area (Å²) >= 11 is 1.08. The molecule has 0 spiro atoms. The average Bonchev–Trinajstić information content (AvgIpc) is 2.94. The van der Waals surface area contributed by atoms with Gasteiger partial charge in [-0.15, -0.1) is 10.2 Å². The van der Waals surface area contributed by atoms with Gasteiger partial charge in [0.15, 0.2) is 0 Å². The molecule has 0 radical (unpaired) electrons. The highest BCUT2D eigenvalue weighted by atomic mass is 32.2. The van der Waals surface area contributed by atoms with Crippen LogP contribution in [0.1, 0.15) is 12.5 Å². The topological polar surface area (TPSA) is 97.1 Å². The maximum Gasteiger partial charge on any atom is 0.321 e. The molecule has 3 amide bonds. The summed E-state index contributed by atoms with van der Waals surface area (Å²) in [7, 11) is 0. The molecule has 1 aromatic carbocycles. The number of urea groups is 1. The summed E-state index contributed by atoms with van der Waals surface area (Å²) in [5.74, 6) is 0.00309. The van der Waals surface area contributed by atoms with Gasteiger partial charge >= 0.3 is 6.03 Å². The molecule has 0 bridgehead atoms. The molecule has 22 heavy (non-hydrogen) atoms. The van der Waals surface area contributed by atoms with E-state index >= 15 is 0 Å². The van der Waals surface area contributed by atoms with Crippen LogP contribution in [0.25, 0.3) is 11.5 Å². The predicted octanol–water partition coefficient (Wildman–Crippen LogP) is 1.98. The van der Waals surface area contributed by atoms with E-state index in [0.717, 1.165) is 22.9 Å². The van der Waals surface area contributed by atoms with Crippen LogP contribution in [0.15, 0.2) is 33.9 Å². The maximum absolute atomic E-state index is 11.5. The van der Waals surface area contributed by atoms with Crippen LogP contribution in [0.4, 0.5) is 4.79 Å². The number of benzene rings is 1. The second-order valence-electron chi connectivity index (χ2n) is 4.38. The van der Waals surface area contributed by atoms with Gasteiger partial charge in [0.05, 0.1) is 5.75 Å². The number of carbonyl (C=O) groups is 2. The average molecular weight is 320 g/mol. The summed E-state index contributed by atoms with van der Waals surface area (Å²) in [6.45, 7) is 4.17. The van der Waals surface area contributed by atoms with Crippen molar-refractivity contribution < 1.29 is 14.0 Å². The molecule has 0 aliphatic heterocycles. The van der Waals surface area contributed by atoms with Crippen LogP contribution < -0.4 is 10.6 Å². The smallest absolute Gasteiger partial charge is 0.321 e. The number of rotatable bonds is 5. The van der Waals surface area contributed by atoms with Crippen LogP contribution in [-0.2, 0) is 4.79 Å². The number of hydrogen-bond acceptors (Lipinski definition) is 6. The fraction of sp³-hybridized carbons (Fsp3) is 0.286. The van der Waals surface area contributed by atoms with E-state index in [1.165, 1.54) is 0 Å². The molecule has 1 aromatic heterocycles. The summed E-state index contributed by atoms with van der Waals surface area (Å²) in [5.41, 5.74) is 1.88. The standard InChI is InChI=1S/C14H16N4O3S/c1-3-15-13(20)16-11(19)8-22-14-18-17-12(21-14)10-7-5-4-6-9(10)2/h4-7H,3,8H2,1-2H3,(H2,15,16,19,20). The molecule has 2 rings (SSSR count). The Kier molecular flexibility index (Phi) is 5.54. The second kappa shape index (κ2) is 7.60. The normalized spacial score (nSPS) is 10.3. The zero-order chi connectivity index (χ0) is 15.9. The minimum Gasteiger partial charge on any atom is -0.411 e. The van der Waals surface area contributed by atoms with Crippen LogP contribution in [0, 0.1) is 6.92 Å². The molecule has 2 N–H and O–H groups in total. The van der Waals surface area contributed by atoms with Gasteiger partial charge in [-0.05, 0) is 25.5 Å². The molecule has 0 aliphatic carbocycles. The van der Waals surface area contributed by atoms with Crippen LogP contribution in [0.3, 0.4) is 0 Å². The molecular weight excluding hydrogens is 304 g/mol. The zero-order valence-corrected chi connectivity index (χ0v) is 13.1. The second-order valence-corrected chi connectivity index (χ2v) is 5.31. The van der Waals surface area contributed by atoms with Gasteiger partial charge < -0.3 is 9.73 Å². The van der Waals surface area contributed by atoms with Crippen molar-refractivity contribution in [3.05, 3.63) is 29.8 Å². The lowest BCUT2D eigenvalue weighted by Gasteiger charge is -2.02. The summed E-state index contributed by atoms with van der Waals surface area (Å²) in [5, 5.41) is 12.8. The van der Waals surface area contributed by atoms with E-state index in [4.69, 9.17) is 4.42 Å². The molecule has 0 aliphatic rings. The van der Waals surface area contributed by atoms with E-state index in [1.807, 2.05) is 31.2 Å². The molecule has 7 nitrogen and oxygen atoms in total. The maximum atomic E-state index is 11.5. The van der Waals surface area contributed by atoms with Gasteiger partial charge in [0, 0.05) is 12.1 Å². The zero-order valence-electron chi connectivity index (χ0n) is 12.3. The van der Waals surface area contributed by atoms with Gasteiger partial charge in [0.2, 0.25) is 11.8 Å². The van der Waals surface area contributed by atoms with Gasteiger partial charge in [-0.3, -0.25) is 10.1 Å². The van der Waals surface area contributed by atoms with Crippen molar-refractivity contribution in [2.24, 2.45) is 0 Å². The molecule has 2 aromatic rings. The third kappa shape index (κ3) is 4.32. The Morgan fingerprint density at radius 1 is 1.27 bits per heavy atom. The predicted molar refractivity (Wildman–Crippen MR) is 82.4 cm³/mol. The summed E-state index contributed by atoms with van der Waals surface area (Å²) in [6, 6.07) is 7.14. The highest BCUT2D eigenvalue weighted by Gasteiger charge is 2.13. The Bertz CT molecular complexity index is 672. The number of carbonyl (C=O) groups excluding carboxylic acids is 2. The van der Waals surface area contributed by atoms with Crippen molar-refractivity contribution in [1.29, 1.82) is 0 Å². The van der Waals surface area contributed by atoms with Crippen LogP contribution >= 0.6 is 11.8 Å². The summed E-state index contributed by atoms with van der Waals surface area (Å²) in [6.07, 6.45) is 0. The van der Waals surface area contributed by atoms with Gasteiger partial charge in [-0.2, -0.15) is 0 Å². The first-order valence-electron chi connectivity index (χ1n) is 6.70. The highest BCUT2D eigenvalue weighted by Crippen LogP contribution is 2.25. The number of aryl methyl sites for hydroxylation is 1. The van der Waals surface area contributed by atoms with Gasteiger partial charge in [-0.1, -0.05) is 30.0 Å². The van der Waals surface area contributed by atoms with Crippen molar-refractivity contribution in [3.8, 4) is 11.5 Å². The Hall–Kier alpha value is -2.35. The van der Waals surface area contributed by atoms with Gasteiger partial charge in [0.1, 0.15) is 0 Å². The Morgan fingerprint density at radius 3 is 2.77 bits per heavy atom. The first-order valence-corrected chi connectivity index (χ1v) is 7.68. The minimum atomic E-state index is -0.515. The van der Waals surface area contributed by atoms with Crippen molar-refractivity contribution in [3.63, 3.8) is 0 Å². The van der Waals surface area contributed by atoms with Crippen molar-refractivity contribution in [2.45, 2.75) is 19.1 Å². The van der Waals surface area contributed by atoms with Crippen molar-refractivity contribution >= 4 is 23.7 Å². The van der Waals surface area contributed by atoms with Crippen LogP contribution in [0.2, 0.25) is 0 Å². The van der Waals surface area contributed by atoms with Gasteiger partial charge in [0.25, 0.3) is 5.22 Å². The number of nitrogens with zero attached hydrogens (tertiary/aromatic N) is 2. The SMILES string of the molecule is CCNC(=O)NC(=O)CSc1nnc(-c2ccccc2C)o1. The van der Waals surface area contributed by atoms with Gasteiger partial charge in [-0.25, -0.2) is 4.79 Å². The fourth-order valence-corrected chi connectivity index (χ4v) is 2.25. The monoisotopic (exact) mass is 320 g/mol. The number of hydrogen-bond donors (Lipinski definition) is 2. The third-order valence-corrected chi connectivity index (χ3v) is 3.52. The first kappa shape index (κ1) is 16.0. The van der Waals surface area contributed by atoms with E-state index < -0.39 is 11.9 Å². The number of thioether (sulfide) groups is 1. The van der Waals surface area contributed by atoms with Crippen molar-refractivity contribution in [1.82, 2.24) is 20.8 Å². The molecule has 1 heterocycles. The molecule has 0 fully saturated rings. The molecule has 0 atom stereocenters. The van der Waals surface area contributed by atoms with E-state index in [0.29, 0.717) is 12.4 Å². The van der Waals surface area contributed by atoms with Crippen LogP contribution in [-0.4, -0.2) is 34.4 Å². The van der Waals surface area contributed by atoms with E-state index in [9.17, 15) is 9.59 Å². The molecule has 0 saturated heterocycles. The Balaban J connectivity index is 1.92. The highest BCUT2D eigenvalue weighted by molar-refractivity contribution is 7.99. The third-order valence-electron chi connectivity index (χ3n) is 2.70. The number of imide groups is 1. The summed E-state index contributed by atoms with van der Waals surface area (Å²) < 4.78 is 5.51. The summed E-state index contributed by atoms with van der Waals surface area (Å²) in [4.78, 5) is 22.7. The lowest BCUT2D eigenvalue weighted by Crippen LogP contribution is -2.40. The van der Waals surface area contributed by atoms with Crippen molar-refractivity contribution in [2.75, 3.05) is 12.3 Å².